The highest BCUT2D eigenvalue weighted by Crippen LogP contribution is 2.00. The Morgan fingerprint density at radius 2 is 1.42 bits per heavy atom. The maximum absolute atomic E-state index is 10.6. The summed E-state index contributed by atoms with van der Waals surface area (Å²) in [6.07, 6.45) is 8.50. The van der Waals surface area contributed by atoms with Gasteiger partial charge in [-0.3, -0.25) is 4.79 Å². The van der Waals surface area contributed by atoms with Gasteiger partial charge in [0.1, 0.15) is 0 Å². The molecule has 0 aliphatic carbocycles. The number of nitrogens with one attached hydrogen (secondary N) is 2. The fraction of sp³-hybridized carbons (Fsp3) is 0.933. The molecule has 2 N–H and O–H groups in total. The molecule has 0 radical (unpaired) electrons. The van der Waals surface area contributed by atoms with E-state index in [-0.39, 0.29) is 3.91 Å². The molecule has 0 rings (SSSR count). The van der Waals surface area contributed by atoms with E-state index in [1.807, 2.05) is 0 Å². The van der Waals surface area contributed by atoms with Crippen LogP contribution in [0.2, 0.25) is 0 Å². The molecule has 116 valence electrons. The van der Waals surface area contributed by atoms with Crippen LogP contribution in [0.5, 0.6) is 0 Å². The summed E-state index contributed by atoms with van der Waals surface area (Å²) < 4.78 is 0.0491. The van der Waals surface area contributed by atoms with Crippen molar-refractivity contribution in [3.8, 4) is 0 Å². The maximum Gasteiger partial charge on any atom is 0.280 e. The van der Waals surface area contributed by atoms with Crippen molar-refractivity contribution in [2.24, 2.45) is 0 Å². The van der Waals surface area contributed by atoms with E-state index in [4.69, 9.17) is 0 Å². The first-order valence-electron chi connectivity index (χ1n) is 7.78. The summed E-state index contributed by atoms with van der Waals surface area (Å²) in [6, 6.07) is 0.693. The lowest BCUT2D eigenvalue weighted by Gasteiger charge is -2.14. The average Bonchev–Trinajstić information content (AvgIpc) is 2.38. The van der Waals surface area contributed by atoms with Crippen LogP contribution in [0.1, 0.15) is 72.6 Å². The van der Waals surface area contributed by atoms with Gasteiger partial charge < -0.3 is 10.6 Å². The highest BCUT2D eigenvalue weighted by molar-refractivity contribution is 14.1. The topological polar surface area (TPSA) is 41.1 Å². The first kappa shape index (κ1) is 21.5. The summed E-state index contributed by atoms with van der Waals surface area (Å²) in [5.41, 5.74) is 0. The van der Waals surface area contributed by atoms with Gasteiger partial charge in [-0.15, -0.1) is 0 Å². The van der Waals surface area contributed by atoms with Crippen LogP contribution in [0.25, 0.3) is 0 Å². The standard InChI is InChI=1S/C12H25IN2O.C3H8/c1-3-11(4-2)14-9-7-5-6-8-10-15-12(13)16;1-3-2/h11,14H,3-10H2,1-2H3,(H,15,16);3H2,1-2H3. The summed E-state index contributed by atoms with van der Waals surface area (Å²) in [5, 5.41) is 6.36. The second kappa shape index (κ2) is 18.2. The molecule has 0 heterocycles. The second-order valence-electron chi connectivity index (χ2n) is 4.79. The Balaban J connectivity index is 0. The minimum absolute atomic E-state index is 0.0491. The smallest absolute Gasteiger partial charge is 0.280 e. The van der Waals surface area contributed by atoms with E-state index in [2.05, 4.69) is 38.3 Å². The number of unbranched alkanes of at least 4 members (excludes halogenated alkanes) is 3. The Kier molecular flexibility index (Phi) is 20.5. The number of carbonyl (C=O) groups is 1. The van der Waals surface area contributed by atoms with Gasteiger partial charge in [-0.25, -0.2) is 0 Å². The summed E-state index contributed by atoms with van der Waals surface area (Å²) in [4.78, 5) is 10.6. The van der Waals surface area contributed by atoms with Crippen LogP contribution in [0, 0.1) is 0 Å². The normalized spacial score (nSPS) is 10.0. The first-order valence-corrected chi connectivity index (χ1v) is 8.86. The number of carbonyl (C=O) groups excluding carboxylic acids is 1. The molecule has 0 saturated carbocycles. The van der Waals surface area contributed by atoms with Crippen molar-refractivity contribution in [2.45, 2.75) is 78.7 Å². The van der Waals surface area contributed by atoms with Crippen molar-refractivity contribution in [1.29, 1.82) is 0 Å². The van der Waals surface area contributed by atoms with Crippen molar-refractivity contribution in [1.82, 2.24) is 10.6 Å². The monoisotopic (exact) mass is 384 g/mol. The number of rotatable bonds is 10. The molecule has 0 aliphatic heterocycles. The molecule has 0 aromatic carbocycles. The van der Waals surface area contributed by atoms with E-state index >= 15 is 0 Å². The van der Waals surface area contributed by atoms with Crippen LogP contribution < -0.4 is 10.6 Å². The molecule has 0 bridgehead atoms. The summed E-state index contributed by atoms with van der Waals surface area (Å²) >= 11 is 1.77. The third kappa shape index (κ3) is 20.6. The predicted octanol–water partition coefficient (Wildman–Crippen LogP) is 4.89. The van der Waals surface area contributed by atoms with Gasteiger partial charge in [0.15, 0.2) is 0 Å². The molecular formula is C15H33IN2O. The summed E-state index contributed by atoms with van der Waals surface area (Å²) in [6.45, 7) is 10.7. The highest BCUT2D eigenvalue weighted by Gasteiger charge is 2.00. The van der Waals surface area contributed by atoms with Gasteiger partial charge >= 0.3 is 0 Å². The van der Waals surface area contributed by atoms with Crippen LogP contribution >= 0.6 is 22.6 Å². The Morgan fingerprint density at radius 1 is 0.947 bits per heavy atom. The van der Waals surface area contributed by atoms with Crippen LogP contribution in [0.3, 0.4) is 0 Å². The van der Waals surface area contributed by atoms with Gasteiger partial charge in [-0.1, -0.05) is 47.0 Å². The number of amides is 1. The molecule has 0 atom stereocenters. The SMILES string of the molecule is CCC.CCC(CC)NCCCCCCNC(=O)I. The van der Waals surface area contributed by atoms with Crippen LogP contribution in [-0.2, 0) is 0 Å². The summed E-state index contributed by atoms with van der Waals surface area (Å²) in [7, 11) is 0. The minimum Gasteiger partial charge on any atom is -0.348 e. The average molecular weight is 384 g/mol. The quantitative estimate of drug-likeness (QED) is 0.244. The van der Waals surface area contributed by atoms with E-state index in [1.165, 1.54) is 38.5 Å². The van der Waals surface area contributed by atoms with E-state index in [9.17, 15) is 4.79 Å². The van der Waals surface area contributed by atoms with Gasteiger partial charge in [0.05, 0.1) is 0 Å². The van der Waals surface area contributed by atoms with Crippen molar-refractivity contribution in [3.63, 3.8) is 0 Å². The molecule has 0 aromatic heterocycles. The van der Waals surface area contributed by atoms with Crippen LogP contribution in [0.15, 0.2) is 0 Å². The molecule has 0 saturated heterocycles. The number of hydrogen-bond donors (Lipinski definition) is 2. The zero-order valence-corrected chi connectivity index (χ0v) is 15.4. The van der Waals surface area contributed by atoms with Crippen molar-refractivity contribution >= 4 is 26.5 Å². The van der Waals surface area contributed by atoms with Gasteiger partial charge in [0, 0.05) is 35.2 Å². The van der Waals surface area contributed by atoms with Gasteiger partial charge in [0.2, 0.25) is 0 Å². The minimum atomic E-state index is 0.0491. The molecule has 19 heavy (non-hydrogen) atoms. The van der Waals surface area contributed by atoms with Crippen molar-refractivity contribution in [2.75, 3.05) is 13.1 Å². The Bertz CT molecular complexity index is 185. The first-order chi connectivity index (χ1) is 9.12. The fourth-order valence-corrected chi connectivity index (χ4v) is 1.94. The van der Waals surface area contributed by atoms with E-state index < -0.39 is 0 Å². The molecule has 0 fully saturated rings. The number of hydrogen-bond acceptors (Lipinski definition) is 2. The second-order valence-corrected chi connectivity index (χ2v) is 5.77. The van der Waals surface area contributed by atoms with Gasteiger partial charge in [0.25, 0.3) is 3.91 Å². The van der Waals surface area contributed by atoms with E-state index in [0.29, 0.717) is 6.04 Å². The third-order valence-electron chi connectivity index (χ3n) is 2.79. The zero-order valence-electron chi connectivity index (χ0n) is 13.2. The molecule has 0 aliphatic rings. The largest absolute Gasteiger partial charge is 0.348 e. The van der Waals surface area contributed by atoms with Crippen molar-refractivity contribution < 1.29 is 4.79 Å². The third-order valence-corrected chi connectivity index (χ3v) is 3.17. The Hall–Kier alpha value is 0.160. The molecule has 3 nitrogen and oxygen atoms in total. The van der Waals surface area contributed by atoms with Crippen molar-refractivity contribution in [3.05, 3.63) is 0 Å². The molecule has 0 spiro atoms. The lowest BCUT2D eigenvalue weighted by molar-refractivity contribution is 0.263. The maximum atomic E-state index is 10.6. The lowest BCUT2D eigenvalue weighted by atomic mass is 10.1. The number of halogens is 1. The molecule has 4 heteroatoms. The molecule has 1 amide bonds. The van der Waals surface area contributed by atoms with Gasteiger partial charge in [-0.2, -0.15) is 0 Å². The molecular weight excluding hydrogens is 351 g/mol. The van der Waals surface area contributed by atoms with E-state index in [0.717, 1.165) is 19.5 Å². The zero-order chi connectivity index (χ0) is 14.9. The van der Waals surface area contributed by atoms with Gasteiger partial charge in [-0.05, 0) is 32.2 Å². The van der Waals surface area contributed by atoms with Crippen LogP contribution in [-0.4, -0.2) is 23.0 Å². The van der Waals surface area contributed by atoms with Crippen LogP contribution in [0.4, 0.5) is 4.79 Å². The molecule has 0 unspecified atom stereocenters. The lowest BCUT2D eigenvalue weighted by Crippen LogP contribution is -2.28. The summed E-state index contributed by atoms with van der Waals surface area (Å²) in [5.74, 6) is 0. The Labute approximate surface area is 133 Å². The molecule has 0 aromatic rings. The predicted molar refractivity (Wildman–Crippen MR) is 94.2 cm³/mol. The van der Waals surface area contributed by atoms with E-state index in [1.54, 1.807) is 22.6 Å². The highest BCUT2D eigenvalue weighted by atomic mass is 127. The fourth-order valence-electron chi connectivity index (χ4n) is 1.67. The Morgan fingerprint density at radius 3 is 1.84 bits per heavy atom.